The Kier molecular flexibility index (Phi) is 10.1. The van der Waals surface area contributed by atoms with E-state index in [0.717, 1.165) is 11.6 Å². The SMILES string of the molecule is COc1cc(C)c2c(ccn2C(=O)OC(C)(C)C)c1C(=N[S+]([O-])C(C)(C)C)c1nc2ccc(C#N)cc2n1COCC[Si](C)(C)C. The fourth-order valence-electron chi connectivity index (χ4n) is 4.83. The number of nitriles is 1. The lowest BCUT2D eigenvalue weighted by atomic mass is 10.00. The van der Waals surface area contributed by atoms with Crippen molar-refractivity contribution in [2.45, 2.75) is 91.2 Å². The van der Waals surface area contributed by atoms with Crippen LogP contribution < -0.4 is 4.74 Å². The van der Waals surface area contributed by atoms with Crippen LogP contribution in [0.1, 0.15) is 64.1 Å². The molecule has 10 nitrogen and oxygen atoms in total. The highest BCUT2D eigenvalue weighted by Gasteiger charge is 2.33. The number of hydrogen-bond donors (Lipinski definition) is 0. The van der Waals surface area contributed by atoms with Crippen LogP contribution in [0.15, 0.2) is 40.9 Å². The Morgan fingerprint density at radius 3 is 2.41 bits per heavy atom. The lowest BCUT2D eigenvalue weighted by molar-refractivity contribution is 0.0544. The van der Waals surface area contributed by atoms with Crippen LogP contribution in [-0.4, -0.2) is 62.6 Å². The van der Waals surface area contributed by atoms with E-state index in [0.29, 0.717) is 57.0 Å². The third-order valence-corrected chi connectivity index (χ3v) is 10.3. The van der Waals surface area contributed by atoms with E-state index in [1.165, 1.54) is 4.57 Å². The van der Waals surface area contributed by atoms with E-state index in [1.54, 1.807) is 31.5 Å². The molecule has 0 bridgehead atoms. The van der Waals surface area contributed by atoms with Gasteiger partial charge in [0.2, 0.25) is 0 Å². The molecule has 46 heavy (non-hydrogen) atoms. The summed E-state index contributed by atoms with van der Waals surface area (Å²) >= 11 is -1.70. The van der Waals surface area contributed by atoms with Gasteiger partial charge in [0.05, 0.1) is 40.9 Å². The van der Waals surface area contributed by atoms with Crippen molar-refractivity contribution in [3.63, 3.8) is 0 Å². The molecule has 246 valence electrons. The molecule has 0 aliphatic heterocycles. The average molecular weight is 664 g/mol. The first-order valence-corrected chi connectivity index (χ1v) is 20.1. The summed E-state index contributed by atoms with van der Waals surface area (Å²) in [4.78, 5) is 18.3. The van der Waals surface area contributed by atoms with Crippen molar-refractivity contribution >= 4 is 53.2 Å². The molecule has 4 rings (SSSR count). The minimum atomic E-state index is -1.70. The summed E-state index contributed by atoms with van der Waals surface area (Å²) in [5.41, 5.74) is 3.34. The van der Waals surface area contributed by atoms with Gasteiger partial charge >= 0.3 is 6.09 Å². The molecule has 0 spiro atoms. The second-order valence-corrected chi connectivity index (χ2v) is 22.1. The van der Waals surface area contributed by atoms with Crippen molar-refractivity contribution in [3.05, 3.63) is 59.0 Å². The van der Waals surface area contributed by atoms with E-state index in [9.17, 15) is 14.6 Å². The third-order valence-electron chi connectivity index (χ3n) is 7.17. The fraction of sp³-hybridized carbons (Fsp3) is 0.471. The number of carbonyl (C=O) groups excluding carboxylic acids is 1. The highest BCUT2D eigenvalue weighted by atomic mass is 32.2. The van der Waals surface area contributed by atoms with Crippen LogP contribution in [-0.2, 0) is 27.6 Å². The van der Waals surface area contributed by atoms with Crippen LogP contribution in [0.4, 0.5) is 4.79 Å². The minimum absolute atomic E-state index is 0.141. The Morgan fingerprint density at radius 2 is 1.83 bits per heavy atom. The number of ether oxygens (including phenoxy) is 3. The first-order valence-electron chi connectivity index (χ1n) is 15.3. The normalized spacial score (nSPS) is 13.7. The zero-order chi connectivity index (χ0) is 34.2. The Hall–Kier alpha value is -3.63. The van der Waals surface area contributed by atoms with Crippen molar-refractivity contribution in [2.75, 3.05) is 13.7 Å². The van der Waals surface area contributed by atoms with Gasteiger partial charge in [-0.25, -0.2) is 9.78 Å². The van der Waals surface area contributed by atoms with Crippen molar-refractivity contribution < 1.29 is 23.6 Å². The van der Waals surface area contributed by atoms with Crippen LogP contribution in [0.3, 0.4) is 0 Å². The largest absolute Gasteiger partial charge is 0.591 e. The number of benzene rings is 2. The van der Waals surface area contributed by atoms with Crippen molar-refractivity contribution in [1.82, 2.24) is 14.1 Å². The molecule has 0 radical (unpaired) electrons. The summed E-state index contributed by atoms with van der Waals surface area (Å²) in [6.07, 6.45) is 1.14. The summed E-state index contributed by atoms with van der Waals surface area (Å²) in [6, 6.07) is 12.1. The molecule has 0 fully saturated rings. The van der Waals surface area contributed by atoms with Crippen LogP contribution in [0, 0.1) is 18.3 Å². The summed E-state index contributed by atoms with van der Waals surface area (Å²) in [6.45, 7) is 20.5. The molecule has 0 aliphatic rings. The standard InChI is InChI=1S/C34H45N5O5SSi/c1-22-18-27(42-8)28(24-14-15-38(30(22)24)32(40)44-33(2,3)4)29(37-45(41)34(5,6)7)31-36-25-13-12-23(20-35)19-26(25)39(31)21-43-16-17-46(9,10)11/h12-15,18-19H,16-17,21H2,1-11H3. The Morgan fingerprint density at radius 1 is 1.13 bits per heavy atom. The van der Waals surface area contributed by atoms with Crippen LogP contribution >= 0.6 is 0 Å². The van der Waals surface area contributed by atoms with E-state index in [-0.39, 0.29) is 6.73 Å². The molecule has 0 N–H and O–H groups in total. The number of methoxy groups -OCH3 is 1. The van der Waals surface area contributed by atoms with Crippen LogP contribution in [0.25, 0.3) is 21.9 Å². The number of nitrogens with zero attached hydrogens (tertiary/aromatic N) is 5. The lowest BCUT2D eigenvalue weighted by Gasteiger charge is -2.22. The quantitative estimate of drug-likeness (QED) is 0.0782. The van der Waals surface area contributed by atoms with E-state index in [2.05, 4.69) is 25.7 Å². The highest BCUT2D eigenvalue weighted by molar-refractivity contribution is 7.91. The summed E-state index contributed by atoms with van der Waals surface area (Å²) in [7, 11) is 0.202. The molecule has 1 unspecified atom stereocenters. The summed E-state index contributed by atoms with van der Waals surface area (Å²) in [5, 5.41) is 10.4. The monoisotopic (exact) mass is 663 g/mol. The first kappa shape index (κ1) is 35.2. The molecule has 2 heterocycles. The number of rotatable bonds is 9. The van der Waals surface area contributed by atoms with Gasteiger partial charge in [-0.15, -0.1) is 0 Å². The van der Waals surface area contributed by atoms with Crippen molar-refractivity contribution in [3.8, 4) is 11.8 Å². The average Bonchev–Trinajstić information content (AvgIpc) is 3.54. The number of aryl methyl sites for hydroxylation is 1. The molecule has 2 aromatic heterocycles. The second kappa shape index (κ2) is 13.2. The molecule has 0 saturated heterocycles. The molecule has 4 aromatic rings. The maximum absolute atomic E-state index is 13.8. The maximum Gasteiger partial charge on any atom is 0.419 e. The predicted octanol–water partition coefficient (Wildman–Crippen LogP) is 7.57. The lowest BCUT2D eigenvalue weighted by Crippen LogP contribution is -2.28. The molecule has 0 aliphatic carbocycles. The number of imidazole rings is 1. The van der Waals surface area contributed by atoms with Gasteiger partial charge in [-0.05, 0) is 90.4 Å². The number of aromatic nitrogens is 3. The highest BCUT2D eigenvalue weighted by Crippen LogP contribution is 2.36. The molecule has 0 amide bonds. The van der Waals surface area contributed by atoms with E-state index >= 15 is 0 Å². The minimum Gasteiger partial charge on any atom is -0.591 e. The van der Waals surface area contributed by atoms with Gasteiger partial charge in [0.25, 0.3) is 0 Å². The molecule has 1 atom stereocenters. The predicted molar refractivity (Wildman–Crippen MR) is 187 cm³/mol. The molecule has 12 heteroatoms. The zero-order valence-corrected chi connectivity index (χ0v) is 30.6. The summed E-state index contributed by atoms with van der Waals surface area (Å²) in [5.74, 6) is 0.886. The van der Waals surface area contributed by atoms with Crippen molar-refractivity contribution in [2.24, 2.45) is 4.40 Å². The molecular weight excluding hydrogens is 619 g/mol. The van der Waals surface area contributed by atoms with E-state index in [4.69, 9.17) is 23.6 Å². The molecular formula is C34H45N5O5SSi. The zero-order valence-electron chi connectivity index (χ0n) is 28.8. The van der Waals surface area contributed by atoms with Gasteiger partial charge in [0.15, 0.2) is 11.5 Å². The number of carbonyl (C=O) groups is 1. The number of fused-ring (bicyclic) bond motifs is 2. The van der Waals surface area contributed by atoms with Gasteiger partial charge in [0.1, 0.15) is 34.2 Å². The van der Waals surface area contributed by atoms with Crippen LogP contribution in [0.5, 0.6) is 5.75 Å². The Bertz CT molecular complexity index is 1830. The van der Waals surface area contributed by atoms with Gasteiger partial charge in [-0.3, -0.25) is 9.13 Å². The Balaban J connectivity index is 2.05. The van der Waals surface area contributed by atoms with Gasteiger partial charge in [-0.1, -0.05) is 24.0 Å². The molecule has 2 aromatic carbocycles. The van der Waals surface area contributed by atoms with Crippen molar-refractivity contribution in [1.29, 1.82) is 5.26 Å². The van der Waals surface area contributed by atoms with Gasteiger partial charge in [0, 0.05) is 26.3 Å². The smallest absolute Gasteiger partial charge is 0.419 e. The third kappa shape index (κ3) is 7.83. The molecule has 0 saturated carbocycles. The number of hydrogen-bond acceptors (Lipinski definition) is 8. The van der Waals surface area contributed by atoms with E-state index < -0.39 is 35.9 Å². The van der Waals surface area contributed by atoms with E-state index in [1.807, 2.05) is 65.2 Å². The fourth-order valence-corrected chi connectivity index (χ4v) is 6.20. The van der Waals surface area contributed by atoms with Gasteiger partial charge < -0.3 is 18.8 Å². The first-order chi connectivity index (χ1) is 21.3. The topological polar surface area (TPSA) is 127 Å². The van der Waals surface area contributed by atoms with Gasteiger partial charge in [-0.2, -0.15) is 5.26 Å². The maximum atomic E-state index is 13.8. The summed E-state index contributed by atoms with van der Waals surface area (Å²) < 4.78 is 39.2. The Labute approximate surface area is 275 Å². The van der Waals surface area contributed by atoms with Crippen LogP contribution in [0.2, 0.25) is 25.7 Å². The second-order valence-electron chi connectivity index (χ2n) is 14.5.